The number of rotatable bonds is 8. The molecule has 0 aliphatic heterocycles. The maximum absolute atomic E-state index is 10.4. The summed E-state index contributed by atoms with van der Waals surface area (Å²) in [6.07, 6.45) is 3.06. The number of carboxylic acids is 1. The topological polar surface area (TPSA) is 84.3 Å². The van der Waals surface area contributed by atoms with Crippen molar-refractivity contribution >= 4 is 11.8 Å². The molecule has 0 aliphatic rings. The van der Waals surface area contributed by atoms with Gasteiger partial charge in [0.05, 0.1) is 6.61 Å². The number of aromatic nitrogens is 2. The van der Waals surface area contributed by atoms with E-state index in [2.05, 4.69) is 15.3 Å². The first kappa shape index (κ1) is 14.2. The van der Waals surface area contributed by atoms with Crippen LogP contribution in [0.15, 0.2) is 12.4 Å². The summed E-state index contributed by atoms with van der Waals surface area (Å²) in [5, 5.41) is 11.7. The van der Waals surface area contributed by atoms with Crippen molar-refractivity contribution in [1.29, 1.82) is 0 Å². The molecule has 1 rings (SSSR count). The lowest BCUT2D eigenvalue weighted by Crippen LogP contribution is -2.16. The van der Waals surface area contributed by atoms with Crippen molar-refractivity contribution in [3.05, 3.63) is 12.4 Å². The largest absolute Gasteiger partial charge is 0.481 e. The number of nitrogens with one attached hydrogen (secondary N) is 1. The molecule has 0 saturated carbocycles. The van der Waals surface area contributed by atoms with Gasteiger partial charge in [-0.2, -0.15) is 0 Å². The van der Waals surface area contributed by atoms with E-state index in [9.17, 15) is 4.79 Å². The zero-order chi connectivity index (χ0) is 13.4. The molecule has 1 atom stereocenters. The van der Waals surface area contributed by atoms with Gasteiger partial charge in [0.15, 0.2) is 0 Å². The summed E-state index contributed by atoms with van der Waals surface area (Å²) in [6.45, 7) is 4.44. The van der Waals surface area contributed by atoms with E-state index in [-0.39, 0.29) is 12.5 Å². The van der Waals surface area contributed by atoms with E-state index in [0.717, 1.165) is 6.42 Å². The van der Waals surface area contributed by atoms with Crippen molar-refractivity contribution in [3.8, 4) is 5.88 Å². The maximum Gasteiger partial charge on any atom is 0.303 e. The first-order valence-corrected chi connectivity index (χ1v) is 6.05. The van der Waals surface area contributed by atoms with Gasteiger partial charge in [0.2, 0.25) is 5.88 Å². The van der Waals surface area contributed by atoms with Crippen LogP contribution >= 0.6 is 0 Å². The van der Waals surface area contributed by atoms with Crippen LogP contribution in [0.3, 0.4) is 0 Å². The second-order valence-corrected chi connectivity index (χ2v) is 4.01. The Morgan fingerprint density at radius 3 is 3.00 bits per heavy atom. The molecule has 0 spiro atoms. The van der Waals surface area contributed by atoms with Gasteiger partial charge in [0.1, 0.15) is 12.1 Å². The maximum atomic E-state index is 10.4. The number of carboxylic acid groups (broad SMARTS) is 1. The van der Waals surface area contributed by atoms with Crippen molar-refractivity contribution in [2.45, 2.75) is 39.2 Å². The Morgan fingerprint density at radius 2 is 2.33 bits per heavy atom. The third-order valence-corrected chi connectivity index (χ3v) is 2.36. The highest BCUT2D eigenvalue weighted by atomic mass is 16.5. The van der Waals surface area contributed by atoms with Crippen LogP contribution in [0.2, 0.25) is 0 Å². The Labute approximate surface area is 106 Å². The fourth-order valence-electron chi connectivity index (χ4n) is 1.53. The molecule has 0 saturated heterocycles. The number of anilines is 1. The third-order valence-electron chi connectivity index (χ3n) is 2.36. The predicted octanol–water partition coefficient (Wildman–Crippen LogP) is 1.93. The normalized spacial score (nSPS) is 11.9. The zero-order valence-electron chi connectivity index (χ0n) is 10.7. The zero-order valence-corrected chi connectivity index (χ0v) is 10.7. The molecule has 1 heterocycles. The van der Waals surface area contributed by atoms with Crippen LogP contribution in [0.1, 0.15) is 33.1 Å². The Morgan fingerprint density at radius 1 is 1.56 bits per heavy atom. The summed E-state index contributed by atoms with van der Waals surface area (Å²) in [4.78, 5) is 18.5. The van der Waals surface area contributed by atoms with Crippen molar-refractivity contribution in [2.75, 3.05) is 11.9 Å². The van der Waals surface area contributed by atoms with Crippen molar-refractivity contribution in [2.24, 2.45) is 0 Å². The molecular weight excluding hydrogens is 234 g/mol. The molecule has 2 N–H and O–H groups in total. The number of ether oxygens (including phenoxy) is 1. The minimum absolute atomic E-state index is 0.161. The van der Waals surface area contributed by atoms with Gasteiger partial charge in [-0.15, -0.1) is 0 Å². The summed E-state index contributed by atoms with van der Waals surface area (Å²) in [5.41, 5.74) is 0. The van der Waals surface area contributed by atoms with Crippen molar-refractivity contribution < 1.29 is 14.6 Å². The molecule has 0 aliphatic carbocycles. The lowest BCUT2D eigenvalue weighted by molar-refractivity contribution is -0.137. The summed E-state index contributed by atoms with van der Waals surface area (Å²) < 4.78 is 5.27. The lowest BCUT2D eigenvalue weighted by Gasteiger charge is -2.14. The van der Waals surface area contributed by atoms with Crippen molar-refractivity contribution in [1.82, 2.24) is 9.97 Å². The second kappa shape index (κ2) is 7.47. The first-order valence-electron chi connectivity index (χ1n) is 6.05. The molecule has 6 heteroatoms. The quantitative estimate of drug-likeness (QED) is 0.736. The van der Waals surface area contributed by atoms with Gasteiger partial charge in [-0.3, -0.25) is 4.79 Å². The predicted molar refractivity (Wildman–Crippen MR) is 67.8 cm³/mol. The monoisotopic (exact) mass is 253 g/mol. The summed E-state index contributed by atoms with van der Waals surface area (Å²) in [7, 11) is 0. The van der Waals surface area contributed by atoms with Crippen LogP contribution < -0.4 is 10.1 Å². The van der Waals surface area contributed by atoms with E-state index in [1.807, 2.05) is 13.8 Å². The number of nitrogens with zero attached hydrogens (tertiary/aromatic N) is 2. The number of aliphatic carboxylic acids is 1. The first-order chi connectivity index (χ1) is 8.61. The minimum Gasteiger partial charge on any atom is -0.481 e. The van der Waals surface area contributed by atoms with Crippen LogP contribution in [0.4, 0.5) is 5.82 Å². The number of hydrogen-bond acceptors (Lipinski definition) is 5. The molecule has 0 radical (unpaired) electrons. The highest BCUT2D eigenvalue weighted by molar-refractivity contribution is 5.66. The molecule has 0 bridgehead atoms. The number of carbonyl (C=O) groups is 1. The molecule has 1 aromatic rings. The minimum atomic E-state index is -0.761. The van der Waals surface area contributed by atoms with Crippen LogP contribution in [-0.4, -0.2) is 33.7 Å². The standard InChI is InChI=1S/C12H19N3O3/c1-3-18-11-7-10(13-8-14-11)15-9(2)5-4-6-12(16)17/h7-9H,3-6H2,1-2H3,(H,16,17)(H,13,14,15). The molecular formula is C12H19N3O3. The molecule has 1 aromatic heterocycles. The van der Waals surface area contributed by atoms with Gasteiger partial charge in [-0.05, 0) is 26.7 Å². The smallest absolute Gasteiger partial charge is 0.303 e. The Bertz CT molecular complexity index is 385. The van der Waals surface area contributed by atoms with Gasteiger partial charge in [0.25, 0.3) is 0 Å². The van der Waals surface area contributed by atoms with E-state index in [1.165, 1.54) is 6.33 Å². The summed E-state index contributed by atoms with van der Waals surface area (Å²) in [6, 6.07) is 1.89. The molecule has 100 valence electrons. The van der Waals surface area contributed by atoms with Crippen molar-refractivity contribution in [3.63, 3.8) is 0 Å². The van der Waals surface area contributed by atoms with Gasteiger partial charge in [-0.1, -0.05) is 0 Å². The average molecular weight is 253 g/mol. The van der Waals surface area contributed by atoms with Gasteiger partial charge in [-0.25, -0.2) is 9.97 Å². The highest BCUT2D eigenvalue weighted by Gasteiger charge is 2.06. The fraction of sp³-hybridized carbons (Fsp3) is 0.583. The molecule has 18 heavy (non-hydrogen) atoms. The van der Waals surface area contributed by atoms with Gasteiger partial charge >= 0.3 is 5.97 Å². The SMILES string of the molecule is CCOc1cc(NC(C)CCCC(=O)O)ncn1. The van der Waals surface area contributed by atoms with Gasteiger partial charge < -0.3 is 15.2 Å². The van der Waals surface area contributed by atoms with Crippen LogP contribution in [0.25, 0.3) is 0 Å². The lowest BCUT2D eigenvalue weighted by atomic mass is 10.1. The second-order valence-electron chi connectivity index (χ2n) is 4.01. The molecule has 1 unspecified atom stereocenters. The Kier molecular flexibility index (Phi) is 5.90. The summed E-state index contributed by atoms with van der Waals surface area (Å²) >= 11 is 0. The van der Waals surface area contributed by atoms with Gasteiger partial charge in [0, 0.05) is 18.5 Å². The molecule has 0 fully saturated rings. The Balaban J connectivity index is 2.40. The molecule has 0 amide bonds. The van der Waals surface area contributed by atoms with E-state index >= 15 is 0 Å². The fourth-order valence-corrected chi connectivity index (χ4v) is 1.53. The van der Waals surface area contributed by atoms with Crippen LogP contribution in [0.5, 0.6) is 5.88 Å². The van der Waals surface area contributed by atoms with E-state index in [1.54, 1.807) is 6.07 Å². The summed E-state index contributed by atoms with van der Waals surface area (Å²) in [5.74, 6) is 0.465. The number of hydrogen-bond donors (Lipinski definition) is 2. The van der Waals surface area contributed by atoms with E-state index in [0.29, 0.717) is 24.7 Å². The molecule has 6 nitrogen and oxygen atoms in total. The Hall–Kier alpha value is -1.85. The molecule has 0 aromatic carbocycles. The van der Waals surface area contributed by atoms with Crippen LogP contribution in [-0.2, 0) is 4.79 Å². The van der Waals surface area contributed by atoms with E-state index in [4.69, 9.17) is 9.84 Å². The van der Waals surface area contributed by atoms with E-state index < -0.39 is 5.97 Å². The van der Waals surface area contributed by atoms with Crippen LogP contribution in [0, 0.1) is 0 Å². The third kappa shape index (κ3) is 5.47. The average Bonchev–Trinajstić information content (AvgIpc) is 2.29. The highest BCUT2D eigenvalue weighted by Crippen LogP contribution is 2.13.